The van der Waals surface area contributed by atoms with Crippen molar-refractivity contribution in [3.05, 3.63) is 29.8 Å². The maximum atomic E-state index is 12.8. The number of halogens is 1. The van der Waals surface area contributed by atoms with E-state index in [1.165, 1.54) is 5.56 Å². The highest BCUT2D eigenvalue weighted by Crippen LogP contribution is 2.38. The van der Waals surface area contributed by atoms with Gasteiger partial charge in [-0.3, -0.25) is 0 Å². The minimum Gasteiger partial charge on any atom is -0.316 e. The lowest BCUT2D eigenvalue weighted by molar-refractivity contribution is 0.338. The molecule has 1 N–H and O–H groups in total. The van der Waals surface area contributed by atoms with Crippen molar-refractivity contribution in [1.82, 2.24) is 9.62 Å². The first-order chi connectivity index (χ1) is 10.5. The Hall–Kier alpha value is -0.620. The lowest BCUT2D eigenvalue weighted by Gasteiger charge is -2.22. The van der Waals surface area contributed by atoms with Gasteiger partial charge in [0.2, 0.25) is 10.0 Å². The molecule has 0 radical (unpaired) electrons. The molecule has 3 rings (SSSR count). The van der Waals surface area contributed by atoms with Gasteiger partial charge in [0.1, 0.15) is 0 Å². The van der Waals surface area contributed by atoms with E-state index in [2.05, 4.69) is 19.2 Å². The Kier molecular flexibility index (Phi) is 5.77. The second-order valence-electron chi connectivity index (χ2n) is 6.89. The molecular formula is C17H27ClN2O2S. The summed E-state index contributed by atoms with van der Waals surface area (Å²) < 4.78 is 27.3. The van der Waals surface area contributed by atoms with E-state index in [0.29, 0.717) is 23.9 Å². The van der Waals surface area contributed by atoms with Crippen molar-refractivity contribution in [1.29, 1.82) is 0 Å². The van der Waals surface area contributed by atoms with E-state index >= 15 is 0 Å². The van der Waals surface area contributed by atoms with Crippen LogP contribution in [0.3, 0.4) is 0 Å². The summed E-state index contributed by atoms with van der Waals surface area (Å²) in [4.78, 5) is 0.433. The average Bonchev–Trinajstić information content (AvgIpc) is 3.17. The number of nitrogens with one attached hydrogen (secondary N) is 1. The maximum absolute atomic E-state index is 12.8. The van der Waals surface area contributed by atoms with Crippen LogP contribution < -0.4 is 5.32 Å². The van der Waals surface area contributed by atoms with Gasteiger partial charge in [-0.05, 0) is 54.8 Å². The topological polar surface area (TPSA) is 49.4 Å². The zero-order chi connectivity index (χ0) is 15.8. The second-order valence-corrected chi connectivity index (χ2v) is 8.83. The number of benzene rings is 1. The Bertz CT molecular complexity index is 624. The molecule has 2 aliphatic heterocycles. The van der Waals surface area contributed by atoms with Gasteiger partial charge in [0.05, 0.1) is 4.90 Å². The van der Waals surface area contributed by atoms with Crippen LogP contribution >= 0.6 is 12.4 Å². The third kappa shape index (κ3) is 3.58. The van der Waals surface area contributed by atoms with Gasteiger partial charge in [-0.1, -0.05) is 26.0 Å². The van der Waals surface area contributed by atoms with Crippen LogP contribution in [-0.2, 0) is 10.0 Å². The maximum Gasteiger partial charge on any atom is 0.243 e. The minimum absolute atomic E-state index is 0. The molecule has 2 aliphatic rings. The second kappa shape index (κ2) is 7.09. The van der Waals surface area contributed by atoms with Crippen molar-refractivity contribution in [2.24, 2.45) is 5.41 Å². The molecule has 0 saturated carbocycles. The molecule has 2 heterocycles. The first-order valence-corrected chi connectivity index (χ1v) is 9.72. The lowest BCUT2D eigenvalue weighted by Crippen LogP contribution is -2.33. The van der Waals surface area contributed by atoms with E-state index in [4.69, 9.17) is 0 Å². The smallest absolute Gasteiger partial charge is 0.243 e. The zero-order valence-electron chi connectivity index (χ0n) is 13.9. The van der Waals surface area contributed by atoms with Crippen LogP contribution in [0.2, 0.25) is 0 Å². The van der Waals surface area contributed by atoms with Gasteiger partial charge in [-0.2, -0.15) is 4.31 Å². The third-order valence-corrected chi connectivity index (χ3v) is 7.29. The molecule has 0 bridgehead atoms. The van der Waals surface area contributed by atoms with E-state index < -0.39 is 10.0 Å². The van der Waals surface area contributed by atoms with Gasteiger partial charge in [0.15, 0.2) is 0 Å². The SMILES string of the molecule is CCC(C)c1ccc(S(=O)(=O)N2CCC3(CCNC3)C2)cc1.Cl. The van der Waals surface area contributed by atoms with Gasteiger partial charge in [0, 0.05) is 19.6 Å². The van der Waals surface area contributed by atoms with E-state index in [1.54, 1.807) is 16.4 Å². The summed E-state index contributed by atoms with van der Waals surface area (Å²) in [5, 5.41) is 3.37. The molecule has 0 aromatic heterocycles. The van der Waals surface area contributed by atoms with Crippen molar-refractivity contribution in [3.8, 4) is 0 Å². The molecule has 2 atom stereocenters. The molecule has 23 heavy (non-hydrogen) atoms. The van der Waals surface area contributed by atoms with Crippen LogP contribution in [0.1, 0.15) is 44.6 Å². The first-order valence-electron chi connectivity index (χ1n) is 8.28. The third-order valence-electron chi connectivity index (χ3n) is 5.43. The number of hydrogen-bond acceptors (Lipinski definition) is 3. The summed E-state index contributed by atoms with van der Waals surface area (Å²) in [7, 11) is -3.35. The predicted molar refractivity (Wildman–Crippen MR) is 95.7 cm³/mol. The zero-order valence-corrected chi connectivity index (χ0v) is 15.5. The fraction of sp³-hybridized carbons (Fsp3) is 0.647. The number of rotatable bonds is 4. The summed E-state index contributed by atoms with van der Waals surface area (Å²) in [6.07, 6.45) is 3.13. The summed E-state index contributed by atoms with van der Waals surface area (Å²) in [6.45, 7) is 7.59. The fourth-order valence-electron chi connectivity index (χ4n) is 3.60. The highest BCUT2D eigenvalue weighted by atomic mass is 35.5. The average molecular weight is 359 g/mol. The molecule has 4 nitrogen and oxygen atoms in total. The summed E-state index contributed by atoms with van der Waals surface area (Å²) in [5.41, 5.74) is 1.38. The van der Waals surface area contributed by atoms with E-state index in [-0.39, 0.29) is 17.8 Å². The highest BCUT2D eigenvalue weighted by molar-refractivity contribution is 7.89. The van der Waals surface area contributed by atoms with Crippen molar-refractivity contribution < 1.29 is 8.42 Å². The molecule has 2 fully saturated rings. The van der Waals surface area contributed by atoms with Crippen LogP contribution in [0.5, 0.6) is 0 Å². The molecule has 1 spiro atoms. The van der Waals surface area contributed by atoms with Crippen LogP contribution in [0, 0.1) is 5.41 Å². The molecule has 0 aliphatic carbocycles. The Morgan fingerprint density at radius 1 is 1.26 bits per heavy atom. The van der Waals surface area contributed by atoms with E-state index in [9.17, 15) is 8.42 Å². The van der Waals surface area contributed by atoms with Gasteiger partial charge in [0.25, 0.3) is 0 Å². The molecule has 1 aromatic carbocycles. The molecule has 130 valence electrons. The standard InChI is InChI=1S/C17H26N2O2S.ClH/c1-3-14(2)15-4-6-16(7-5-15)22(20,21)19-11-9-17(13-19)8-10-18-12-17;/h4-7,14,18H,3,8-13H2,1-2H3;1H. The van der Waals surface area contributed by atoms with E-state index in [1.807, 2.05) is 12.1 Å². The molecule has 0 amide bonds. The molecular weight excluding hydrogens is 332 g/mol. The van der Waals surface area contributed by atoms with E-state index in [0.717, 1.165) is 32.4 Å². The monoisotopic (exact) mass is 358 g/mol. The van der Waals surface area contributed by atoms with Crippen LogP contribution in [0.4, 0.5) is 0 Å². The molecule has 2 saturated heterocycles. The van der Waals surface area contributed by atoms with Gasteiger partial charge < -0.3 is 5.32 Å². The quantitative estimate of drug-likeness (QED) is 0.900. The normalized spacial score (nSPS) is 26.3. The molecule has 6 heteroatoms. The fourth-order valence-corrected chi connectivity index (χ4v) is 5.15. The van der Waals surface area contributed by atoms with Crippen LogP contribution in [0.15, 0.2) is 29.2 Å². The Morgan fingerprint density at radius 2 is 1.96 bits per heavy atom. The predicted octanol–water partition coefficient (Wildman–Crippen LogP) is 3.00. The number of nitrogens with zero attached hydrogens (tertiary/aromatic N) is 1. The highest BCUT2D eigenvalue weighted by Gasteiger charge is 2.44. The summed E-state index contributed by atoms with van der Waals surface area (Å²) in [6, 6.07) is 7.47. The molecule has 2 unspecified atom stereocenters. The van der Waals surface area contributed by atoms with Crippen molar-refractivity contribution in [2.75, 3.05) is 26.2 Å². The van der Waals surface area contributed by atoms with Crippen LogP contribution in [0.25, 0.3) is 0 Å². The van der Waals surface area contributed by atoms with Gasteiger partial charge in [-0.15, -0.1) is 12.4 Å². The molecule has 1 aromatic rings. The van der Waals surface area contributed by atoms with Crippen LogP contribution in [-0.4, -0.2) is 38.9 Å². The van der Waals surface area contributed by atoms with Gasteiger partial charge >= 0.3 is 0 Å². The first kappa shape index (κ1) is 18.7. The number of sulfonamides is 1. The van der Waals surface area contributed by atoms with Gasteiger partial charge in [-0.25, -0.2) is 8.42 Å². The van der Waals surface area contributed by atoms with Crippen molar-refractivity contribution in [2.45, 2.75) is 43.9 Å². The largest absolute Gasteiger partial charge is 0.316 e. The lowest BCUT2D eigenvalue weighted by atomic mass is 9.87. The number of hydrogen-bond donors (Lipinski definition) is 1. The Balaban J connectivity index is 0.00000192. The Morgan fingerprint density at radius 3 is 2.52 bits per heavy atom. The summed E-state index contributed by atoms with van der Waals surface area (Å²) >= 11 is 0. The summed E-state index contributed by atoms with van der Waals surface area (Å²) in [5.74, 6) is 0.469. The van der Waals surface area contributed by atoms with Crippen molar-refractivity contribution in [3.63, 3.8) is 0 Å². The minimum atomic E-state index is -3.35. The van der Waals surface area contributed by atoms with Crippen molar-refractivity contribution >= 4 is 22.4 Å². The Labute approximate surface area is 146 Å².